The molecule has 1 aromatic carbocycles. The fraction of sp³-hybridized carbons (Fsp3) is 0.421. The molecule has 3 rings (SSSR count). The lowest BCUT2D eigenvalue weighted by Gasteiger charge is -2.29. The van der Waals surface area contributed by atoms with Gasteiger partial charge in [-0.1, -0.05) is 0 Å². The Hall–Kier alpha value is -2.12. The van der Waals surface area contributed by atoms with Crippen LogP contribution in [0.2, 0.25) is 0 Å². The summed E-state index contributed by atoms with van der Waals surface area (Å²) in [6.07, 6.45) is 2.27. The SMILES string of the molecule is COc1c(C)cc(S(=O)(=O)N2CCc3cc(=O)n(C)cc3C2)c(C)c1C. The number of aromatic nitrogens is 1. The quantitative estimate of drug-likeness (QED) is 0.822. The highest BCUT2D eigenvalue weighted by Gasteiger charge is 2.31. The molecule has 1 aliphatic rings. The number of benzene rings is 1. The van der Waals surface area contributed by atoms with E-state index >= 15 is 0 Å². The molecule has 26 heavy (non-hydrogen) atoms. The molecule has 0 fully saturated rings. The van der Waals surface area contributed by atoms with Crippen molar-refractivity contribution in [2.24, 2.45) is 7.05 Å². The van der Waals surface area contributed by atoms with Crippen LogP contribution < -0.4 is 10.3 Å². The third-order valence-electron chi connectivity index (χ3n) is 5.18. The Bertz CT molecular complexity index is 1040. The van der Waals surface area contributed by atoms with Crippen LogP contribution in [0.4, 0.5) is 0 Å². The second-order valence-electron chi connectivity index (χ2n) is 6.84. The van der Waals surface area contributed by atoms with E-state index in [0.29, 0.717) is 23.4 Å². The molecule has 0 N–H and O–H groups in total. The van der Waals surface area contributed by atoms with E-state index in [-0.39, 0.29) is 12.1 Å². The van der Waals surface area contributed by atoms with E-state index in [4.69, 9.17) is 4.74 Å². The minimum Gasteiger partial charge on any atom is -0.496 e. The number of hydrogen-bond acceptors (Lipinski definition) is 4. The number of methoxy groups -OCH3 is 1. The molecule has 0 unspecified atom stereocenters. The van der Waals surface area contributed by atoms with E-state index in [0.717, 1.165) is 28.0 Å². The molecule has 2 heterocycles. The van der Waals surface area contributed by atoms with Gasteiger partial charge in [0, 0.05) is 32.4 Å². The summed E-state index contributed by atoms with van der Waals surface area (Å²) in [6, 6.07) is 3.29. The molecule has 0 aliphatic carbocycles. The topological polar surface area (TPSA) is 68.6 Å². The Balaban J connectivity index is 2.05. The molecule has 7 heteroatoms. The first-order valence-electron chi connectivity index (χ1n) is 8.50. The van der Waals surface area contributed by atoms with Crippen LogP contribution in [-0.4, -0.2) is 30.9 Å². The lowest BCUT2D eigenvalue weighted by Crippen LogP contribution is -2.37. The summed E-state index contributed by atoms with van der Waals surface area (Å²) in [5.74, 6) is 0.723. The number of hydrogen-bond donors (Lipinski definition) is 0. The summed E-state index contributed by atoms with van der Waals surface area (Å²) in [7, 11) is -0.369. The van der Waals surface area contributed by atoms with E-state index in [2.05, 4.69) is 0 Å². The highest BCUT2D eigenvalue weighted by atomic mass is 32.2. The van der Waals surface area contributed by atoms with Gasteiger partial charge < -0.3 is 9.30 Å². The van der Waals surface area contributed by atoms with Gasteiger partial charge in [-0.05, 0) is 61.1 Å². The third-order valence-corrected chi connectivity index (χ3v) is 7.16. The highest BCUT2D eigenvalue weighted by molar-refractivity contribution is 7.89. The van der Waals surface area contributed by atoms with Crippen LogP contribution in [0.1, 0.15) is 27.8 Å². The first kappa shape index (κ1) is 18.7. The molecule has 1 aromatic heterocycles. The maximum Gasteiger partial charge on any atom is 0.250 e. The van der Waals surface area contributed by atoms with Gasteiger partial charge in [-0.15, -0.1) is 0 Å². The van der Waals surface area contributed by atoms with Crippen molar-refractivity contribution < 1.29 is 13.2 Å². The van der Waals surface area contributed by atoms with E-state index in [1.165, 1.54) is 8.87 Å². The van der Waals surface area contributed by atoms with Crippen LogP contribution in [0.25, 0.3) is 0 Å². The van der Waals surface area contributed by atoms with Crippen molar-refractivity contribution in [2.75, 3.05) is 13.7 Å². The van der Waals surface area contributed by atoms with Crippen LogP contribution in [0.5, 0.6) is 5.75 Å². The first-order chi connectivity index (χ1) is 12.2. The maximum absolute atomic E-state index is 13.3. The number of nitrogens with zero attached hydrogens (tertiary/aromatic N) is 2. The Morgan fingerprint density at radius 1 is 1.08 bits per heavy atom. The number of pyridine rings is 1. The van der Waals surface area contributed by atoms with Crippen molar-refractivity contribution in [3.05, 3.63) is 56.5 Å². The van der Waals surface area contributed by atoms with Crippen LogP contribution >= 0.6 is 0 Å². The van der Waals surface area contributed by atoms with E-state index in [1.54, 1.807) is 32.5 Å². The van der Waals surface area contributed by atoms with Crippen LogP contribution in [-0.2, 0) is 30.0 Å². The van der Waals surface area contributed by atoms with Crippen molar-refractivity contribution in [3.8, 4) is 5.75 Å². The Morgan fingerprint density at radius 3 is 2.42 bits per heavy atom. The van der Waals surface area contributed by atoms with Crippen LogP contribution in [0.15, 0.2) is 28.0 Å². The summed E-state index contributed by atoms with van der Waals surface area (Å²) in [4.78, 5) is 12.1. The largest absolute Gasteiger partial charge is 0.496 e. The molecule has 0 atom stereocenters. The van der Waals surface area contributed by atoms with Crippen molar-refractivity contribution in [1.82, 2.24) is 8.87 Å². The molecule has 0 saturated heterocycles. The van der Waals surface area contributed by atoms with Crippen LogP contribution in [0.3, 0.4) is 0 Å². The molecule has 1 aliphatic heterocycles. The molecule has 2 aromatic rings. The smallest absolute Gasteiger partial charge is 0.250 e. The second-order valence-corrected chi connectivity index (χ2v) is 8.74. The van der Waals surface area contributed by atoms with Crippen molar-refractivity contribution in [1.29, 1.82) is 0 Å². The predicted octanol–water partition coefficient (Wildman–Crippen LogP) is 2.07. The van der Waals surface area contributed by atoms with Crippen LogP contribution in [0, 0.1) is 20.8 Å². The molecule has 0 saturated carbocycles. The average molecular weight is 376 g/mol. The minimum atomic E-state index is -3.64. The van der Waals surface area contributed by atoms with Gasteiger partial charge in [0.25, 0.3) is 5.56 Å². The molecular weight excluding hydrogens is 352 g/mol. The lowest BCUT2D eigenvalue weighted by molar-refractivity contribution is 0.388. The fourth-order valence-corrected chi connectivity index (χ4v) is 5.35. The summed E-state index contributed by atoms with van der Waals surface area (Å²) in [5, 5.41) is 0. The zero-order valence-corrected chi connectivity index (χ0v) is 16.6. The number of ether oxygens (including phenoxy) is 1. The number of sulfonamides is 1. The van der Waals surface area contributed by atoms with Gasteiger partial charge in [0.1, 0.15) is 5.75 Å². The third kappa shape index (κ3) is 2.95. The second kappa shape index (κ2) is 6.55. The lowest BCUT2D eigenvalue weighted by atomic mass is 10.0. The molecule has 0 radical (unpaired) electrons. The normalized spacial score (nSPS) is 15.0. The Labute approximate surface area is 154 Å². The van der Waals surface area contributed by atoms with E-state index in [1.807, 2.05) is 20.8 Å². The number of aryl methyl sites for hydroxylation is 2. The highest BCUT2D eigenvalue weighted by Crippen LogP contribution is 2.33. The van der Waals surface area contributed by atoms with Gasteiger partial charge in [0.05, 0.1) is 12.0 Å². The Morgan fingerprint density at radius 2 is 1.77 bits per heavy atom. The maximum atomic E-state index is 13.3. The van der Waals surface area contributed by atoms with Gasteiger partial charge >= 0.3 is 0 Å². The van der Waals surface area contributed by atoms with E-state index in [9.17, 15) is 13.2 Å². The first-order valence-corrected chi connectivity index (χ1v) is 9.94. The average Bonchev–Trinajstić information content (AvgIpc) is 2.59. The number of fused-ring (bicyclic) bond motifs is 1. The van der Waals surface area contributed by atoms with Gasteiger partial charge in [0.2, 0.25) is 10.0 Å². The van der Waals surface area contributed by atoms with Gasteiger partial charge in [0.15, 0.2) is 0 Å². The van der Waals surface area contributed by atoms with Crippen molar-refractivity contribution in [2.45, 2.75) is 38.6 Å². The Kier molecular flexibility index (Phi) is 4.71. The minimum absolute atomic E-state index is 0.0719. The van der Waals surface area contributed by atoms with Crippen molar-refractivity contribution >= 4 is 10.0 Å². The molecule has 0 bridgehead atoms. The molecule has 140 valence electrons. The summed E-state index contributed by atoms with van der Waals surface area (Å²) in [6.45, 7) is 6.18. The molecule has 6 nitrogen and oxygen atoms in total. The van der Waals surface area contributed by atoms with E-state index < -0.39 is 10.0 Å². The molecule has 0 spiro atoms. The van der Waals surface area contributed by atoms with Gasteiger partial charge in [-0.3, -0.25) is 4.79 Å². The standard InChI is InChI=1S/C19H24N2O4S/c1-12-8-17(13(2)14(3)19(12)25-5)26(23,24)21-7-6-15-9-18(22)20(4)10-16(15)11-21/h8-10H,6-7,11H2,1-5H3. The molecular formula is C19H24N2O4S. The predicted molar refractivity (Wildman–Crippen MR) is 100 cm³/mol. The number of rotatable bonds is 3. The molecule has 0 amide bonds. The monoisotopic (exact) mass is 376 g/mol. The van der Waals surface area contributed by atoms with Gasteiger partial charge in [-0.25, -0.2) is 8.42 Å². The van der Waals surface area contributed by atoms with Crippen molar-refractivity contribution in [3.63, 3.8) is 0 Å². The fourth-order valence-electron chi connectivity index (χ4n) is 3.56. The summed E-state index contributed by atoms with van der Waals surface area (Å²) >= 11 is 0. The van der Waals surface area contributed by atoms with Gasteiger partial charge in [-0.2, -0.15) is 4.31 Å². The zero-order chi connectivity index (χ0) is 19.2. The zero-order valence-electron chi connectivity index (χ0n) is 15.8. The summed E-state index contributed by atoms with van der Waals surface area (Å²) < 4.78 is 35.0. The summed E-state index contributed by atoms with van der Waals surface area (Å²) in [5.41, 5.74) is 4.08.